The van der Waals surface area contributed by atoms with Crippen LogP contribution in [0.1, 0.15) is 24.4 Å². The number of thioether (sulfide) groups is 2. The van der Waals surface area contributed by atoms with E-state index in [4.69, 9.17) is 0 Å². The molecule has 0 saturated heterocycles. The SMILES string of the molecule is O=C(CCSc1ccccc1F)NC1CCSc2ccc(F)cc21. The fraction of sp³-hybridized carbons (Fsp3) is 0.278. The van der Waals surface area contributed by atoms with Crippen LogP contribution in [0.25, 0.3) is 0 Å². The first kappa shape index (κ1) is 17.3. The van der Waals surface area contributed by atoms with Gasteiger partial charge < -0.3 is 5.32 Å². The van der Waals surface area contributed by atoms with Crippen molar-refractivity contribution in [2.75, 3.05) is 11.5 Å². The van der Waals surface area contributed by atoms with E-state index in [1.807, 2.05) is 0 Å². The molecule has 0 aliphatic carbocycles. The number of rotatable bonds is 5. The van der Waals surface area contributed by atoms with Crippen LogP contribution < -0.4 is 5.32 Å². The third-order valence-electron chi connectivity index (χ3n) is 3.77. The average Bonchev–Trinajstić information content (AvgIpc) is 2.57. The molecule has 6 heteroatoms. The number of hydrogen-bond donors (Lipinski definition) is 1. The Bertz CT molecular complexity index is 739. The van der Waals surface area contributed by atoms with Crippen LogP contribution in [0.5, 0.6) is 0 Å². The summed E-state index contributed by atoms with van der Waals surface area (Å²) in [6, 6.07) is 11.1. The molecule has 1 amide bonds. The van der Waals surface area contributed by atoms with Crippen LogP contribution in [0.15, 0.2) is 52.3 Å². The fourth-order valence-corrected chi connectivity index (χ4v) is 4.59. The summed E-state index contributed by atoms with van der Waals surface area (Å²) in [5, 5.41) is 2.98. The highest BCUT2D eigenvalue weighted by Crippen LogP contribution is 2.36. The molecule has 1 atom stereocenters. The maximum atomic E-state index is 13.5. The highest BCUT2D eigenvalue weighted by atomic mass is 32.2. The zero-order chi connectivity index (χ0) is 16.9. The summed E-state index contributed by atoms with van der Waals surface area (Å²) in [7, 11) is 0. The van der Waals surface area contributed by atoms with E-state index in [0.717, 1.165) is 22.6 Å². The molecule has 3 rings (SSSR count). The number of carbonyl (C=O) groups is 1. The standard InChI is InChI=1S/C18H17F2NOS2/c19-12-5-6-16-13(11-12)15(7-9-23-16)21-18(22)8-10-24-17-4-2-1-3-14(17)20/h1-6,11,15H,7-10H2,(H,21,22). The summed E-state index contributed by atoms with van der Waals surface area (Å²) >= 11 is 3.01. The third kappa shape index (κ3) is 4.30. The molecular weight excluding hydrogens is 348 g/mol. The minimum absolute atomic E-state index is 0.0917. The lowest BCUT2D eigenvalue weighted by atomic mass is 10.0. The lowest BCUT2D eigenvalue weighted by Crippen LogP contribution is -2.30. The van der Waals surface area contributed by atoms with Crippen molar-refractivity contribution < 1.29 is 13.6 Å². The van der Waals surface area contributed by atoms with E-state index in [1.54, 1.807) is 36.0 Å². The molecule has 0 saturated carbocycles. The summed E-state index contributed by atoms with van der Waals surface area (Å²) in [6.45, 7) is 0. The molecule has 1 aliphatic heterocycles. The highest BCUT2D eigenvalue weighted by Gasteiger charge is 2.22. The van der Waals surface area contributed by atoms with E-state index in [2.05, 4.69) is 5.32 Å². The van der Waals surface area contributed by atoms with Gasteiger partial charge in [0.2, 0.25) is 5.91 Å². The summed E-state index contributed by atoms with van der Waals surface area (Å²) in [4.78, 5) is 13.7. The Kier molecular flexibility index (Phi) is 5.79. The Morgan fingerprint density at radius 2 is 2.08 bits per heavy atom. The van der Waals surface area contributed by atoms with Crippen LogP contribution in [-0.2, 0) is 4.79 Å². The first-order chi connectivity index (χ1) is 11.6. The topological polar surface area (TPSA) is 29.1 Å². The largest absolute Gasteiger partial charge is 0.349 e. The quantitative estimate of drug-likeness (QED) is 0.772. The maximum Gasteiger partial charge on any atom is 0.221 e. The van der Waals surface area contributed by atoms with Gasteiger partial charge in [-0.25, -0.2) is 8.78 Å². The van der Waals surface area contributed by atoms with E-state index in [-0.39, 0.29) is 23.6 Å². The molecule has 1 heterocycles. The molecule has 1 unspecified atom stereocenters. The van der Waals surface area contributed by atoms with Gasteiger partial charge >= 0.3 is 0 Å². The first-order valence-electron chi connectivity index (χ1n) is 7.72. The van der Waals surface area contributed by atoms with Crippen molar-refractivity contribution >= 4 is 29.4 Å². The van der Waals surface area contributed by atoms with Crippen molar-refractivity contribution in [3.63, 3.8) is 0 Å². The van der Waals surface area contributed by atoms with Crippen molar-refractivity contribution in [3.05, 3.63) is 59.7 Å². The molecule has 1 aliphatic rings. The van der Waals surface area contributed by atoms with Crippen LogP contribution in [0.3, 0.4) is 0 Å². The van der Waals surface area contributed by atoms with E-state index < -0.39 is 0 Å². The van der Waals surface area contributed by atoms with Crippen LogP contribution in [0.4, 0.5) is 8.78 Å². The van der Waals surface area contributed by atoms with Gasteiger partial charge in [-0.05, 0) is 42.3 Å². The molecule has 24 heavy (non-hydrogen) atoms. The lowest BCUT2D eigenvalue weighted by molar-refractivity contribution is -0.121. The van der Waals surface area contributed by atoms with Gasteiger partial charge in [0.15, 0.2) is 0 Å². The molecule has 1 N–H and O–H groups in total. The molecule has 0 spiro atoms. The molecule has 2 aromatic rings. The highest BCUT2D eigenvalue weighted by molar-refractivity contribution is 7.99. The molecule has 2 nitrogen and oxygen atoms in total. The van der Waals surface area contributed by atoms with Crippen molar-refractivity contribution in [2.24, 2.45) is 0 Å². The van der Waals surface area contributed by atoms with Crippen molar-refractivity contribution in [3.8, 4) is 0 Å². The van der Waals surface area contributed by atoms with E-state index in [1.165, 1.54) is 30.0 Å². The van der Waals surface area contributed by atoms with Gasteiger partial charge in [0, 0.05) is 27.7 Å². The van der Waals surface area contributed by atoms with E-state index in [0.29, 0.717) is 17.1 Å². The number of hydrogen-bond acceptors (Lipinski definition) is 3. The van der Waals surface area contributed by atoms with Crippen LogP contribution in [0, 0.1) is 11.6 Å². The summed E-state index contributed by atoms with van der Waals surface area (Å²) in [6.07, 6.45) is 1.08. The van der Waals surface area contributed by atoms with E-state index >= 15 is 0 Å². The Morgan fingerprint density at radius 1 is 1.25 bits per heavy atom. The molecular formula is C18H17F2NOS2. The molecule has 2 aromatic carbocycles. The maximum absolute atomic E-state index is 13.5. The van der Waals surface area contributed by atoms with Gasteiger partial charge in [0.1, 0.15) is 11.6 Å². The number of benzene rings is 2. The van der Waals surface area contributed by atoms with Gasteiger partial charge in [-0.2, -0.15) is 0 Å². The van der Waals surface area contributed by atoms with Crippen molar-refractivity contribution in [1.29, 1.82) is 0 Å². The Balaban J connectivity index is 1.55. The lowest BCUT2D eigenvalue weighted by Gasteiger charge is -2.26. The van der Waals surface area contributed by atoms with E-state index in [9.17, 15) is 13.6 Å². The minimum atomic E-state index is -0.286. The van der Waals surface area contributed by atoms with Gasteiger partial charge in [0.25, 0.3) is 0 Å². The molecule has 0 bridgehead atoms. The van der Waals surface area contributed by atoms with Crippen LogP contribution >= 0.6 is 23.5 Å². The minimum Gasteiger partial charge on any atom is -0.349 e. The Hall–Kier alpha value is -1.53. The molecule has 0 aromatic heterocycles. The Morgan fingerprint density at radius 3 is 2.92 bits per heavy atom. The molecule has 0 fully saturated rings. The predicted molar refractivity (Wildman–Crippen MR) is 94.4 cm³/mol. The average molecular weight is 365 g/mol. The van der Waals surface area contributed by atoms with Crippen molar-refractivity contribution in [2.45, 2.75) is 28.7 Å². The zero-order valence-electron chi connectivity index (χ0n) is 12.9. The van der Waals surface area contributed by atoms with Gasteiger partial charge in [-0.1, -0.05) is 12.1 Å². The number of carbonyl (C=O) groups excluding carboxylic acids is 1. The number of nitrogens with one attached hydrogen (secondary N) is 1. The second kappa shape index (κ2) is 8.03. The number of amides is 1. The summed E-state index contributed by atoms with van der Waals surface area (Å²) in [5.74, 6) is 0.755. The molecule has 126 valence electrons. The summed E-state index contributed by atoms with van der Waals surface area (Å²) in [5.41, 5.74) is 0.848. The number of halogens is 2. The van der Waals surface area contributed by atoms with Gasteiger partial charge in [0.05, 0.1) is 6.04 Å². The van der Waals surface area contributed by atoms with Gasteiger partial charge in [-0.3, -0.25) is 4.79 Å². The second-order valence-corrected chi connectivity index (χ2v) is 7.74. The van der Waals surface area contributed by atoms with Crippen molar-refractivity contribution in [1.82, 2.24) is 5.32 Å². The van der Waals surface area contributed by atoms with Crippen LogP contribution in [-0.4, -0.2) is 17.4 Å². The normalized spacial score (nSPS) is 16.5. The monoisotopic (exact) mass is 365 g/mol. The Labute approximate surface area is 148 Å². The molecule has 0 radical (unpaired) electrons. The second-order valence-electron chi connectivity index (χ2n) is 5.47. The number of fused-ring (bicyclic) bond motifs is 1. The summed E-state index contributed by atoms with van der Waals surface area (Å²) < 4.78 is 27.0. The fourth-order valence-electron chi connectivity index (χ4n) is 2.60. The predicted octanol–water partition coefficient (Wildman–Crippen LogP) is 4.80. The zero-order valence-corrected chi connectivity index (χ0v) is 14.6. The van der Waals surface area contributed by atoms with Gasteiger partial charge in [-0.15, -0.1) is 23.5 Å². The smallest absolute Gasteiger partial charge is 0.221 e. The third-order valence-corrected chi connectivity index (χ3v) is 5.94. The van der Waals surface area contributed by atoms with Crippen LogP contribution in [0.2, 0.25) is 0 Å². The first-order valence-corrected chi connectivity index (χ1v) is 9.69.